The predicted octanol–water partition coefficient (Wildman–Crippen LogP) is 2.39. The van der Waals surface area contributed by atoms with Crippen molar-refractivity contribution in [2.45, 2.75) is 44.2 Å². The highest BCUT2D eigenvalue weighted by atomic mass is 16.4. The summed E-state index contributed by atoms with van der Waals surface area (Å²) in [6, 6.07) is 10.2. The zero-order chi connectivity index (χ0) is 12.3. The van der Waals surface area contributed by atoms with Gasteiger partial charge in [0.15, 0.2) is 0 Å². The lowest BCUT2D eigenvalue weighted by atomic mass is 9.94. The number of carboxylic acid groups (broad SMARTS) is 1. The van der Waals surface area contributed by atoms with Gasteiger partial charge in [-0.2, -0.15) is 0 Å². The average molecular weight is 233 g/mol. The molecule has 1 aliphatic carbocycles. The normalized spacial score (nSPS) is 25.7. The molecule has 17 heavy (non-hydrogen) atoms. The molecule has 0 amide bonds. The van der Waals surface area contributed by atoms with Crippen LogP contribution in [0.25, 0.3) is 0 Å². The Bertz CT molecular complexity index is 377. The quantitative estimate of drug-likeness (QED) is 0.839. The number of benzene rings is 1. The van der Waals surface area contributed by atoms with Crippen LogP contribution in [-0.4, -0.2) is 23.2 Å². The van der Waals surface area contributed by atoms with E-state index in [0.29, 0.717) is 12.0 Å². The van der Waals surface area contributed by atoms with Gasteiger partial charge in [-0.05, 0) is 31.2 Å². The number of nitrogens with one attached hydrogen (secondary N) is 1. The van der Waals surface area contributed by atoms with Gasteiger partial charge in [-0.15, -0.1) is 0 Å². The van der Waals surface area contributed by atoms with Crippen molar-refractivity contribution in [1.82, 2.24) is 5.32 Å². The van der Waals surface area contributed by atoms with Crippen LogP contribution in [0, 0.1) is 0 Å². The third-order valence-electron chi connectivity index (χ3n) is 3.58. The van der Waals surface area contributed by atoms with E-state index in [0.717, 1.165) is 12.8 Å². The second kappa shape index (κ2) is 5.32. The molecule has 0 radical (unpaired) electrons. The Morgan fingerprint density at radius 2 is 2.06 bits per heavy atom. The highest BCUT2D eigenvalue weighted by Crippen LogP contribution is 2.34. The lowest BCUT2D eigenvalue weighted by molar-refractivity contribution is -0.139. The molecule has 0 bridgehead atoms. The summed E-state index contributed by atoms with van der Waals surface area (Å²) in [5.74, 6) is -0.318. The molecule has 2 rings (SSSR count). The first-order valence-electron chi connectivity index (χ1n) is 6.22. The maximum absolute atomic E-state index is 10.9. The lowest BCUT2D eigenvalue weighted by Crippen LogP contribution is -2.42. The van der Waals surface area contributed by atoms with E-state index in [1.165, 1.54) is 12.0 Å². The topological polar surface area (TPSA) is 49.3 Å². The SMILES string of the molecule is CC(NC1CCCC1c1ccccc1)C(=O)O. The molecule has 0 heterocycles. The molecule has 3 unspecified atom stereocenters. The monoisotopic (exact) mass is 233 g/mol. The highest BCUT2D eigenvalue weighted by molar-refractivity contribution is 5.72. The first-order chi connectivity index (χ1) is 8.18. The summed E-state index contributed by atoms with van der Waals surface area (Å²) in [6.45, 7) is 1.71. The van der Waals surface area contributed by atoms with E-state index in [4.69, 9.17) is 5.11 Å². The molecule has 1 aliphatic rings. The summed E-state index contributed by atoms with van der Waals surface area (Å²) >= 11 is 0. The molecule has 1 aromatic carbocycles. The van der Waals surface area contributed by atoms with Crippen LogP contribution < -0.4 is 5.32 Å². The van der Waals surface area contributed by atoms with E-state index >= 15 is 0 Å². The molecular formula is C14H19NO2. The highest BCUT2D eigenvalue weighted by Gasteiger charge is 2.30. The first-order valence-corrected chi connectivity index (χ1v) is 6.22. The Kier molecular flexibility index (Phi) is 3.79. The summed E-state index contributed by atoms with van der Waals surface area (Å²) in [6.07, 6.45) is 3.38. The van der Waals surface area contributed by atoms with Crippen LogP contribution in [0.2, 0.25) is 0 Å². The number of aliphatic carboxylic acids is 1. The van der Waals surface area contributed by atoms with Gasteiger partial charge in [-0.3, -0.25) is 4.79 Å². The largest absolute Gasteiger partial charge is 0.480 e. The van der Waals surface area contributed by atoms with Gasteiger partial charge >= 0.3 is 5.97 Å². The third-order valence-corrected chi connectivity index (χ3v) is 3.58. The first kappa shape index (κ1) is 12.1. The van der Waals surface area contributed by atoms with Gasteiger partial charge in [0.25, 0.3) is 0 Å². The van der Waals surface area contributed by atoms with Crippen molar-refractivity contribution in [2.24, 2.45) is 0 Å². The van der Waals surface area contributed by atoms with Crippen LogP contribution in [0.1, 0.15) is 37.7 Å². The fourth-order valence-electron chi connectivity index (χ4n) is 2.65. The Morgan fingerprint density at radius 3 is 2.71 bits per heavy atom. The molecule has 2 N–H and O–H groups in total. The molecule has 1 saturated carbocycles. The minimum atomic E-state index is -0.774. The number of carboxylic acids is 1. The summed E-state index contributed by atoms with van der Waals surface area (Å²) in [7, 11) is 0. The van der Waals surface area contributed by atoms with Crippen molar-refractivity contribution in [2.75, 3.05) is 0 Å². The maximum atomic E-state index is 10.9. The fraction of sp³-hybridized carbons (Fsp3) is 0.500. The molecular weight excluding hydrogens is 214 g/mol. The summed E-state index contributed by atoms with van der Waals surface area (Å²) in [5.41, 5.74) is 1.32. The van der Waals surface area contributed by atoms with Crippen molar-refractivity contribution in [3.05, 3.63) is 35.9 Å². The maximum Gasteiger partial charge on any atom is 0.320 e. The van der Waals surface area contributed by atoms with Crippen LogP contribution in [0.5, 0.6) is 0 Å². The smallest absolute Gasteiger partial charge is 0.320 e. The van der Waals surface area contributed by atoms with Crippen molar-refractivity contribution >= 4 is 5.97 Å². The summed E-state index contributed by atoms with van der Waals surface area (Å²) in [4.78, 5) is 10.9. The summed E-state index contributed by atoms with van der Waals surface area (Å²) in [5, 5.41) is 12.2. The van der Waals surface area contributed by atoms with Crippen LogP contribution >= 0.6 is 0 Å². The fourth-order valence-corrected chi connectivity index (χ4v) is 2.65. The van der Waals surface area contributed by atoms with Gasteiger partial charge in [0.1, 0.15) is 6.04 Å². The van der Waals surface area contributed by atoms with Crippen molar-refractivity contribution in [1.29, 1.82) is 0 Å². The molecule has 92 valence electrons. The van der Waals surface area contributed by atoms with Gasteiger partial charge < -0.3 is 10.4 Å². The molecule has 1 aromatic rings. The van der Waals surface area contributed by atoms with Crippen molar-refractivity contribution in [3.63, 3.8) is 0 Å². The van der Waals surface area contributed by atoms with Gasteiger partial charge in [-0.1, -0.05) is 36.8 Å². The minimum absolute atomic E-state index is 0.295. The molecule has 3 heteroatoms. The minimum Gasteiger partial charge on any atom is -0.480 e. The van der Waals surface area contributed by atoms with E-state index < -0.39 is 12.0 Å². The Morgan fingerprint density at radius 1 is 1.35 bits per heavy atom. The molecule has 3 atom stereocenters. The predicted molar refractivity (Wildman–Crippen MR) is 67.1 cm³/mol. The van der Waals surface area contributed by atoms with Crippen LogP contribution in [0.4, 0.5) is 0 Å². The van der Waals surface area contributed by atoms with Gasteiger partial charge in [0.2, 0.25) is 0 Å². The second-order valence-electron chi connectivity index (χ2n) is 4.78. The standard InChI is InChI=1S/C14H19NO2/c1-10(14(16)17)15-13-9-5-8-12(13)11-6-3-2-4-7-11/h2-4,6-7,10,12-13,15H,5,8-9H2,1H3,(H,16,17). The molecule has 0 aromatic heterocycles. The Hall–Kier alpha value is -1.35. The Balaban J connectivity index is 2.05. The van der Waals surface area contributed by atoms with Crippen molar-refractivity contribution in [3.8, 4) is 0 Å². The van der Waals surface area contributed by atoms with Crippen molar-refractivity contribution < 1.29 is 9.90 Å². The average Bonchev–Trinajstić information content (AvgIpc) is 2.78. The third kappa shape index (κ3) is 2.86. The van der Waals surface area contributed by atoms with E-state index in [1.54, 1.807) is 6.92 Å². The molecule has 0 spiro atoms. The number of rotatable bonds is 4. The zero-order valence-corrected chi connectivity index (χ0v) is 10.1. The Labute approximate surface area is 102 Å². The molecule has 0 saturated heterocycles. The number of hydrogen-bond acceptors (Lipinski definition) is 2. The van der Waals surface area contributed by atoms with Gasteiger partial charge in [0, 0.05) is 6.04 Å². The van der Waals surface area contributed by atoms with E-state index in [1.807, 2.05) is 18.2 Å². The van der Waals surface area contributed by atoms with E-state index in [9.17, 15) is 4.79 Å². The lowest BCUT2D eigenvalue weighted by Gasteiger charge is -2.23. The van der Waals surface area contributed by atoms with Crippen LogP contribution in [0.15, 0.2) is 30.3 Å². The van der Waals surface area contributed by atoms with E-state index in [-0.39, 0.29) is 0 Å². The molecule has 3 nitrogen and oxygen atoms in total. The molecule has 0 aliphatic heterocycles. The van der Waals surface area contributed by atoms with E-state index in [2.05, 4.69) is 17.4 Å². The van der Waals surface area contributed by atoms with Crippen LogP contribution in [-0.2, 0) is 4.79 Å². The molecule has 1 fully saturated rings. The zero-order valence-electron chi connectivity index (χ0n) is 10.1. The van der Waals surface area contributed by atoms with Crippen LogP contribution in [0.3, 0.4) is 0 Å². The number of hydrogen-bond donors (Lipinski definition) is 2. The van der Waals surface area contributed by atoms with Gasteiger partial charge in [-0.25, -0.2) is 0 Å². The van der Waals surface area contributed by atoms with Gasteiger partial charge in [0.05, 0.1) is 0 Å². The second-order valence-corrected chi connectivity index (χ2v) is 4.78. The summed E-state index contributed by atoms with van der Waals surface area (Å²) < 4.78 is 0. The number of carbonyl (C=O) groups is 1.